The Balaban J connectivity index is 3.94. The maximum Gasteiger partial charge on any atom is 0.271 e. The van der Waals surface area contributed by atoms with Crippen LogP contribution in [0.2, 0.25) is 0 Å². The van der Waals surface area contributed by atoms with E-state index in [0.29, 0.717) is 6.42 Å². The second kappa shape index (κ2) is 7.01. The Morgan fingerprint density at radius 2 is 1.93 bits per heavy atom. The van der Waals surface area contributed by atoms with E-state index in [1.54, 1.807) is 13.0 Å². The summed E-state index contributed by atoms with van der Waals surface area (Å²) in [6, 6.07) is 0. The highest BCUT2D eigenvalue weighted by Gasteiger charge is 2.16. The molecule has 0 aromatic carbocycles. The lowest BCUT2D eigenvalue weighted by molar-refractivity contribution is 0.473. The molecule has 0 aliphatic heterocycles. The zero-order valence-electron chi connectivity index (χ0n) is 8.94. The van der Waals surface area contributed by atoms with Gasteiger partial charge in [0, 0.05) is 0 Å². The van der Waals surface area contributed by atoms with E-state index in [2.05, 4.69) is 6.92 Å². The van der Waals surface area contributed by atoms with Crippen molar-refractivity contribution in [2.75, 3.05) is 0 Å². The van der Waals surface area contributed by atoms with Gasteiger partial charge in [-0.15, -0.1) is 0 Å². The van der Waals surface area contributed by atoms with Crippen LogP contribution in [-0.4, -0.2) is 18.2 Å². The predicted octanol–water partition coefficient (Wildman–Crippen LogP) is 2.79. The fourth-order valence-corrected chi connectivity index (χ4v) is 1.94. The van der Waals surface area contributed by atoms with Crippen molar-refractivity contribution >= 4 is 10.1 Å². The normalized spacial score (nSPS) is 14.8. The molecule has 0 spiro atoms. The molecule has 0 radical (unpaired) electrons. The van der Waals surface area contributed by atoms with Gasteiger partial charge in [-0.25, -0.2) is 0 Å². The van der Waals surface area contributed by atoms with Gasteiger partial charge in [-0.2, -0.15) is 8.42 Å². The summed E-state index contributed by atoms with van der Waals surface area (Å²) in [5.74, 6) is 0. The Morgan fingerprint density at radius 3 is 2.36 bits per heavy atom. The van der Waals surface area contributed by atoms with Gasteiger partial charge in [0.1, 0.15) is 5.25 Å². The highest BCUT2D eigenvalue weighted by Crippen LogP contribution is 2.07. The second-order valence-electron chi connectivity index (χ2n) is 3.39. The Kier molecular flexibility index (Phi) is 6.83. The van der Waals surface area contributed by atoms with Crippen LogP contribution in [0.3, 0.4) is 0 Å². The van der Waals surface area contributed by atoms with Gasteiger partial charge in [0.25, 0.3) is 10.1 Å². The lowest BCUT2D eigenvalue weighted by Gasteiger charge is -2.04. The zero-order chi connectivity index (χ0) is 11.0. The fourth-order valence-electron chi connectivity index (χ4n) is 1.21. The molecule has 0 aromatic heterocycles. The molecule has 0 saturated heterocycles. The molecule has 0 aliphatic rings. The van der Waals surface area contributed by atoms with E-state index in [1.165, 1.54) is 0 Å². The van der Waals surface area contributed by atoms with Crippen LogP contribution in [0.25, 0.3) is 0 Å². The van der Waals surface area contributed by atoms with Crippen molar-refractivity contribution in [3.63, 3.8) is 0 Å². The highest BCUT2D eigenvalue weighted by atomic mass is 32.2. The van der Waals surface area contributed by atoms with Crippen LogP contribution in [0.15, 0.2) is 12.2 Å². The zero-order valence-corrected chi connectivity index (χ0v) is 9.76. The molecule has 4 heteroatoms. The molecule has 0 rings (SSSR count). The van der Waals surface area contributed by atoms with Crippen LogP contribution < -0.4 is 0 Å². The number of allylic oxidation sites excluding steroid dienone is 1. The lowest BCUT2D eigenvalue weighted by Crippen LogP contribution is -2.16. The Hall–Kier alpha value is -0.350. The predicted molar refractivity (Wildman–Crippen MR) is 58.9 cm³/mol. The van der Waals surface area contributed by atoms with Gasteiger partial charge >= 0.3 is 0 Å². The maximum atomic E-state index is 10.8. The first-order valence-electron chi connectivity index (χ1n) is 5.15. The van der Waals surface area contributed by atoms with Gasteiger partial charge in [-0.1, -0.05) is 38.8 Å². The molecule has 0 aliphatic carbocycles. The standard InChI is InChI=1S/C10H20O3S/c1-3-5-6-7-8-9-10(4-2)14(11,12)13/h8-10H,3-7H2,1-2H3,(H,11,12,13). The van der Waals surface area contributed by atoms with Gasteiger partial charge in [0.15, 0.2) is 0 Å². The maximum absolute atomic E-state index is 10.8. The third kappa shape index (κ3) is 6.16. The van der Waals surface area contributed by atoms with Crippen LogP contribution in [0.1, 0.15) is 46.0 Å². The Bertz CT molecular complexity index is 255. The first-order chi connectivity index (χ1) is 6.52. The van der Waals surface area contributed by atoms with Crippen molar-refractivity contribution < 1.29 is 13.0 Å². The largest absolute Gasteiger partial charge is 0.285 e. The quantitative estimate of drug-likeness (QED) is 0.408. The van der Waals surface area contributed by atoms with Crippen molar-refractivity contribution in [2.24, 2.45) is 0 Å². The lowest BCUT2D eigenvalue weighted by atomic mass is 10.2. The van der Waals surface area contributed by atoms with Crippen LogP contribution in [0.4, 0.5) is 0 Å². The average Bonchev–Trinajstić information content (AvgIpc) is 2.09. The Morgan fingerprint density at radius 1 is 1.29 bits per heavy atom. The van der Waals surface area contributed by atoms with Gasteiger partial charge in [-0.3, -0.25) is 4.55 Å². The van der Waals surface area contributed by atoms with E-state index in [-0.39, 0.29) is 0 Å². The molecule has 0 amide bonds. The molecule has 0 bridgehead atoms. The van der Waals surface area contributed by atoms with Crippen molar-refractivity contribution in [1.29, 1.82) is 0 Å². The summed E-state index contributed by atoms with van der Waals surface area (Å²) in [4.78, 5) is 0. The third-order valence-corrected chi connectivity index (χ3v) is 3.37. The molecule has 0 fully saturated rings. The Labute approximate surface area is 87.0 Å². The van der Waals surface area contributed by atoms with Crippen molar-refractivity contribution in [2.45, 2.75) is 51.2 Å². The molecule has 1 unspecified atom stereocenters. The first kappa shape index (κ1) is 13.7. The van der Waals surface area contributed by atoms with E-state index in [4.69, 9.17) is 4.55 Å². The summed E-state index contributed by atoms with van der Waals surface area (Å²) in [5.41, 5.74) is 0. The first-order valence-corrected chi connectivity index (χ1v) is 6.65. The molecular formula is C10H20O3S. The van der Waals surface area contributed by atoms with Gasteiger partial charge < -0.3 is 0 Å². The van der Waals surface area contributed by atoms with E-state index in [0.717, 1.165) is 25.7 Å². The van der Waals surface area contributed by atoms with Crippen molar-refractivity contribution in [3.05, 3.63) is 12.2 Å². The van der Waals surface area contributed by atoms with E-state index in [1.807, 2.05) is 6.08 Å². The van der Waals surface area contributed by atoms with E-state index in [9.17, 15) is 8.42 Å². The summed E-state index contributed by atoms with van der Waals surface area (Å²) >= 11 is 0. The minimum atomic E-state index is -3.89. The number of rotatable bonds is 7. The molecule has 84 valence electrons. The minimum absolute atomic E-state index is 0.420. The molecular weight excluding hydrogens is 200 g/mol. The molecule has 3 nitrogen and oxygen atoms in total. The average molecular weight is 220 g/mol. The number of hydrogen-bond acceptors (Lipinski definition) is 2. The topological polar surface area (TPSA) is 54.4 Å². The monoisotopic (exact) mass is 220 g/mol. The van der Waals surface area contributed by atoms with Crippen molar-refractivity contribution in [1.82, 2.24) is 0 Å². The van der Waals surface area contributed by atoms with E-state index >= 15 is 0 Å². The third-order valence-electron chi connectivity index (χ3n) is 2.11. The van der Waals surface area contributed by atoms with Gasteiger partial charge in [0.05, 0.1) is 0 Å². The van der Waals surface area contributed by atoms with Gasteiger partial charge in [0.2, 0.25) is 0 Å². The summed E-state index contributed by atoms with van der Waals surface area (Å²) in [5, 5.41) is -0.732. The second-order valence-corrected chi connectivity index (χ2v) is 5.02. The fraction of sp³-hybridized carbons (Fsp3) is 0.800. The van der Waals surface area contributed by atoms with Crippen LogP contribution in [-0.2, 0) is 10.1 Å². The molecule has 0 saturated carbocycles. The number of hydrogen-bond donors (Lipinski definition) is 1. The summed E-state index contributed by atoms with van der Waals surface area (Å²) in [6.07, 6.45) is 8.14. The SMILES string of the molecule is CCCCCC=CC(CC)S(=O)(=O)O. The summed E-state index contributed by atoms with van der Waals surface area (Å²) in [6.45, 7) is 3.87. The van der Waals surface area contributed by atoms with Crippen LogP contribution in [0.5, 0.6) is 0 Å². The molecule has 1 atom stereocenters. The van der Waals surface area contributed by atoms with Gasteiger partial charge in [-0.05, 0) is 19.3 Å². The smallest absolute Gasteiger partial charge is 0.271 e. The van der Waals surface area contributed by atoms with Crippen LogP contribution in [0, 0.1) is 0 Å². The molecule has 1 N–H and O–H groups in total. The number of unbranched alkanes of at least 4 members (excludes halogenated alkanes) is 3. The summed E-state index contributed by atoms with van der Waals surface area (Å²) < 4.78 is 30.4. The van der Waals surface area contributed by atoms with Crippen molar-refractivity contribution in [3.8, 4) is 0 Å². The van der Waals surface area contributed by atoms with E-state index < -0.39 is 15.4 Å². The molecule has 14 heavy (non-hydrogen) atoms. The molecule has 0 aromatic rings. The summed E-state index contributed by atoms with van der Waals surface area (Å²) in [7, 11) is -3.89. The minimum Gasteiger partial charge on any atom is -0.285 e. The highest BCUT2D eigenvalue weighted by molar-refractivity contribution is 7.86. The molecule has 0 heterocycles. The van der Waals surface area contributed by atoms with Crippen LogP contribution >= 0.6 is 0 Å².